The Morgan fingerprint density at radius 3 is 2.71 bits per heavy atom. The molecule has 1 aromatic heterocycles. The van der Waals surface area contributed by atoms with Crippen LogP contribution in [-0.4, -0.2) is 24.3 Å². The third-order valence-electron chi connectivity index (χ3n) is 3.83. The zero-order valence-corrected chi connectivity index (χ0v) is 14.7. The van der Waals surface area contributed by atoms with Crippen LogP contribution in [0, 0.1) is 20.8 Å². The van der Waals surface area contributed by atoms with E-state index in [-0.39, 0.29) is 12.1 Å². The summed E-state index contributed by atoms with van der Waals surface area (Å²) in [7, 11) is 0. The van der Waals surface area contributed by atoms with Crippen molar-refractivity contribution < 1.29 is 14.1 Å². The monoisotopic (exact) mass is 331 g/mol. The summed E-state index contributed by atoms with van der Waals surface area (Å²) in [6, 6.07) is 7.52. The number of rotatable bonds is 7. The van der Waals surface area contributed by atoms with Crippen LogP contribution in [0.15, 0.2) is 28.8 Å². The third kappa shape index (κ3) is 4.75. The molecule has 0 bridgehead atoms. The van der Waals surface area contributed by atoms with E-state index >= 15 is 0 Å². The van der Waals surface area contributed by atoms with Crippen molar-refractivity contribution >= 4 is 6.03 Å². The van der Waals surface area contributed by atoms with Crippen molar-refractivity contribution in [2.75, 3.05) is 13.2 Å². The molecule has 0 saturated carbocycles. The van der Waals surface area contributed by atoms with Gasteiger partial charge in [0, 0.05) is 12.1 Å². The minimum Gasteiger partial charge on any atom is -0.493 e. The number of aryl methyl sites for hydroxylation is 3. The van der Waals surface area contributed by atoms with Crippen LogP contribution in [0.25, 0.3) is 0 Å². The molecule has 0 aliphatic heterocycles. The maximum absolute atomic E-state index is 11.9. The van der Waals surface area contributed by atoms with Gasteiger partial charge in [-0.1, -0.05) is 23.4 Å². The summed E-state index contributed by atoms with van der Waals surface area (Å²) in [6.07, 6.45) is 0.738. The molecular weight excluding hydrogens is 306 g/mol. The van der Waals surface area contributed by atoms with E-state index in [2.05, 4.69) is 15.8 Å². The Hall–Kier alpha value is -2.50. The molecule has 2 N–H and O–H groups in total. The molecule has 0 spiro atoms. The number of carbonyl (C=O) groups excluding carboxylic acids is 1. The number of urea groups is 1. The van der Waals surface area contributed by atoms with Crippen molar-refractivity contribution in [2.45, 2.75) is 40.2 Å². The van der Waals surface area contributed by atoms with Crippen molar-refractivity contribution in [1.29, 1.82) is 0 Å². The molecule has 6 nitrogen and oxygen atoms in total. The number of amides is 2. The van der Waals surface area contributed by atoms with Crippen molar-refractivity contribution in [1.82, 2.24) is 15.8 Å². The lowest BCUT2D eigenvalue weighted by Gasteiger charge is -2.14. The average Bonchev–Trinajstić information content (AvgIpc) is 2.87. The molecule has 0 fully saturated rings. The normalized spacial score (nSPS) is 11.8. The van der Waals surface area contributed by atoms with Crippen molar-refractivity contribution in [2.24, 2.45) is 0 Å². The Morgan fingerprint density at radius 2 is 2.04 bits per heavy atom. The lowest BCUT2D eigenvalue weighted by Crippen LogP contribution is -2.38. The molecule has 2 amide bonds. The highest BCUT2D eigenvalue weighted by Gasteiger charge is 2.17. The number of hydrogen-bond donors (Lipinski definition) is 2. The summed E-state index contributed by atoms with van der Waals surface area (Å²) >= 11 is 0. The fraction of sp³-hybridized carbons (Fsp3) is 0.444. The molecule has 0 radical (unpaired) electrons. The van der Waals surface area contributed by atoms with Gasteiger partial charge >= 0.3 is 6.03 Å². The zero-order valence-electron chi connectivity index (χ0n) is 14.7. The number of nitrogens with one attached hydrogen (secondary N) is 2. The Bertz CT molecular complexity index is 662. The molecule has 6 heteroatoms. The van der Waals surface area contributed by atoms with Crippen LogP contribution < -0.4 is 15.4 Å². The second-order valence-electron chi connectivity index (χ2n) is 5.83. The first-order valence-electron chi connectivity index (χ1n) is 8.14. The Morgan fingerprint density at radius 1 is 1.29 bits per heavy atom. The molecule has 0 unspecified atom stereocenters. The third-order valence-corrected chi connectivity index (χ3v) is 3.83. The molecule has 2 aromatic rings. The fourth-order valence-corrected chi connectivity index (χ4v) is 2.60. The second kappa shape index (κ2) is 8.38. The van der Waals surface area contributed by atoms with Crippen LogP contribution in [0.5, 0.6) is 5.75 Å². The second-order valence-corrected chi connectivity index (χ2v) is 5.83. The molecule has 130 valence electrons. The average molecular weight is 331 g/mol. The van der Waals surface area contributed by atoms with E-state index in [1.807, 2.05) is 52.0 Å². The van der Waals surface area contributed by atoms with E-state index < -0.39 is 0 Å². The molecular formula is C18H25N3O3. The van der Waals surface area contributed by atoms with Gasteiger partial charge in [-0.15, -0.1) is 0 Å². The number of aromatic nitrogens is 1. The molecule has 24 heavy (non-hydrogen) atoms. The summed E-state index contributed by atoms with van der Waals surface area (Å²) in [6.45, 7) is 8.74. The summed E-state index contributed by atoms with van der Waals surface area (Å²) in [5.41, 5.74) is 2.83. The number of ether oxygens (including phenoxy) is 1. The predicted molar refractivity (Wildman–Crippen MR) is 92.2 cm³/mol. The van der Waals surface area contributed by atoms with Crippen LogP contribution in [0.3, 0.4) is 0 Å². The standard InChI is InChI=1S/C18H25N3O3/c1-12-8-5-6-9-16(12)23-11-7-10-19-18(22)20-13(2)17-14(3)21-24-15(17)4/h5-6,8-9,13H,7,10-11H2,1-4H3,(H2,19,20,22)/t13-/m0/s1. The zero-order chi connectivity index (χ0) is 17.5. The van der Waals surface area contributed by atoms with Gasteiger partial charge in [-0.2, -0.15) is 0 Å². The lowest BCUT2D eigenvalue weighted by molar-refractivity contribution is 0.236. The molecule has 1 heterocycles. The Labute approximate surface area is 142 Å². The number of nitrogens with zero attached hydrogens (tertiary/aromatic N) is 1. The maximum atomic E-state index is 11.9. The fourth-order valence-electron chi connectivity index (χ4n) is 2.60. The molecule has 0 aliphatic rings. The topological polar surface area (TPSA) is 76.4 Å². The molecule has 0 aliphatic carbocycles. The Kier molecular flexibility index (Phi) is 6.23. The van der Waals surface area contributed by atoms with Crippen molar-refractivity contribution in [3.63, 3.8) is 0 Å². The minimum atomic E-state index is -0.210. The lowest BCUT2D eigenvalue weighted by atomic mass is 10.1. The molecule has 1 atom stereocenters. The van der Waals surface area contributed by atoms with Crippen LogP contribution in [0.1, 0.15) is 42.0 Å². The van der Waals surface area contributed by atoms with Gasteiger partial charge in [-0.05, 0) is 45.7 Å². The summed E-state index contributed by atoms with van der Waals surface area (Å²) in [5.74, 6) is 1.61. The number of benzene rings is 1. The van der Waals surface area contributed by atoms with Crippen molar-refractivity contribution in [3.8, 4) is 5.75 Å². The van der Waals surface area contributed by atoms with E-state index in [4.69, 9.17) is 9.26 Å². The summed E-state index contributed by atoms with van der Waals surface area (Å²) in [5, 5.41) is 9.63. The minimum absolute atomic E-state index is 0.153. The van der Waals surface area contributed by atoms with E-state index in [1.165, 1.54) is 0 Å². The van der Waals surface area contributed by atoms with E-state index in [0.717, 1.165) is 34.8 Å². The highest BCUT2D eigenvalue weighted by Crippen LogP contribution is 2.20. The first kappa shape index (κ1) is 17.8. The van der Waals surface area contributed by atoms with Gasteiger partial charge in [-0.25, -0.2) is 4.79 Å². The van der Waals surface area contributed by atoms with Gasteiger partial charge in [0.05, 0.1) is 18.3 Å². The van der Waals surface area contributed by atoms with Gasteiger partial charge in [0.15, 0.2) is 0 Å². The first-order chi connectivity index (χ1) is 11.5. The highest BCUT2D eigenvalue weighted by molar-refractivity contribution is 5.74. The van der Waals surface area contributed by atoms with Crippen LogP contribution in [0.4, 0.5) is 4.79 Å². The van der Waals surface area contributed by atoms with E-state index in [0.29, 0.717) is 13.2 Å². The molecule has 2 rings (SSSR count). The maximum Gasteiger partial charge on any atom is 0.315 e. The highest BCUT2D eigenvalue weighted by atomic mass is 16.5. The predicted octanol–water partition coefficient (Wildman–Crippen LogP) is 3.43. The number of carbonyl (C=O) groups is 1. The summed E-state index contributed by atoms with van der Waals surface area (Å²) < 4.78 is 10.8. The van der Waals surface area contributed by atoms with E-state index in [1.54, 1.807) is 0 Å². The quantitative estimate of drug-likeness (QED) is 0.762. The van der Waals surface area contributed by atoms with Gasteiger partial charge in [0.25, 0.3) is 0 Å². The van der Waals surface area contributed by atoms with Crippen LogP contribution in [-0.2, 0) is 0 Å². The van der Waals surface area contributed by atoms with E-state index in [9.17, 15) is 4.79 Å². The largest absolute Gasteiger partial charge is 0.493 e. The SMILES string of the molecule is Cc1ccccc1OCCCNC(=O)N[C@@H](C)c1c(C)noc1C. The first-order valence-corrected chi connectivity index (χ1v) is 8.14. The number of hydrogen-bond acceptors (Lipinski definition) is 4. The van der Waals surface area contributed by atoms with Crippen molar-refractivity contribution in [3.05, 3.63) is 46.8 Å². The van der Waals surface area contributed by atoms with Crippen LogP contribution >= 0.6 is 0 Å². The van der Waals surface area contributed by atoms with Gasteiger partial charge < -0.3 is 19.9 Å². The smallest absolute Gasteiger partial charge is 0.315 e. The summed E-state index contributed by atoms with van der Waals surface area (Å²) in [4.78, 5) is 11.9. The molecule has 0 saturated heterocycles. The molecule has 1 aromatic carbocycles. The number of para-hydroxylation sites is 1. The van der Waals surface area contributed by atoms with Gasteiger partial charge in [-0.3, -0.25) is 0 Å². The van der Waals surface area contributed by atoms with Gasteiger partial charge in [0.2, 0.25) is 0 Å². The van der Waals surface area contributed by atoms with Crippen LogP contribution in [0.2, 0.25) is 0 Å². The van der Waals surface area contributed by atoms with Gasteiger partial charge in [0.1, 0.15) is 11.5 Å². The Balaban J connectivity index is 1.67.